The second kappa shape index (κ2) is 6.02. The van der Waals surface area contributed by atoms with Crippen molar-refractivity contribution in [3.63, 3.8) is 0 Å². The summed E-state index contributed by atoms with van der Waals surface area (Å²) in [6.07, 6.45) is 1.76. The lowest BCUT2D eigenvalue weighted by molar-refractivity contribution is 0.277. The van der Waals surface area contributed by atoms with E-state index in [9.17, 15) is 0 Å². The lowest BCUT2D eigenvalue weighted by Crippen LogP contribution is -2.16. The van der Waals surface area contributed by atoms with E-state index >= 15 is 0 Å². The first-order chi connectivity index (χ1) is 10.9. The number of aromatic nitrogens is 4. The number of aliphatic hydroxyl groups is 1. The molecule has 0 radical (unpaired) electrons. The topological polar surface area (TPSA) is 63.8 Å². The van der Waals surface area contributed by atoms with Crippen LogP contribution in [-0.4, -0.2) is 25.1 Å². The molecule has 120 valence electrons. The molecule has 0 saturated heterocycles. The van der Waals surface area contributed by atoms with E-state index < -0.39 is 0 Å². The van der Waals surface area contributed by atoms with E-state index in [2.05, 4.69) is 52.0 Å². The molecule has 0 atom stereocenters. The third-order valence-corrected chi connectivity index (χ3v) is 4.35. The molecule has 0 aliphatic carbocycles. The Bertz CT molecular complexity index is 834. The summed E-state index contributed by atoms with van der Waals surface area (Å²) in [5.74, 6) is 0. The van der Waals surface area contributed by atoms with Crippen LogP contribution in [0.4, 0.5) is 0 Å². The van der Waals surface area contributed by atoms with Crippen LogP contribution < -0.4 is 0 Å². The highest BCUT2D eigenvalue weighted by atomic mass is 79.9. The van der Waals surface area contributed by atoms with Gasteiger partial charge >= 0.3 is 0 Å². The molecule has 1 N–H and O–H groups in total. The van der Waals surface area contributed by atoms with Crippen molar-refractivity contribution in [1.82, 2.24) is 20.0 Å². The molecule has 2 heterocycles. The Balaban J connectivity index is 2.05. The van der Waals surface area contributed by atoms with Crippen LogP contribution in [0, 0.1) is 5.41 Å². The predicted molar refractivity (Wildman–Crippen MR) is 93.8 cm³/mol. The van der Waals surface area contributed by atoms with Gasteiger partial charge in [-0.1, -0.05) is 38.1 Å². The fourth-order valence-corrected chi connectivity index (χ4v) is 3.11. The maximum atomic E-state index is 9.10. The Kier molecular flexibility index (Phi) is 4.21. The molecule has 5 nitrogen and oxygen atoms in total. The largest absolute Gasteiger partial charge is 0.390 e. The smallest absolute Gasteiger partial charge is 0.127 e. The summed E-state index contributed by atoms with van der Waals surface area (Å²) in [4.78, 5) is 4.24. The molecule has 0 spiro atoms. The van der Waals surface area contributed by atoms with Crippen LogP contribution in [-0.2, 0) is 13.2 Å². The summed E-state index contributed by atoms with van der Waals surface area (Å²) in [6.45, 7) is 7.29. The van der Waals surface area contributed by atoms with Crippen molar-refractivity contribution in [2.75, 3.05) is 0 Å². The van der Waals surface area contributed by atoms with Crippen LogP contribution >= 0.6 is 15.9 Å². The second-order valence-corrected chi connectivity index (χ2v) is 7.59. The van der Waals surface area contributed by atoms with Crippen molar-refractivity contribution in [3.8, 4) is 11.1 Å². The maximum Gasteiger partial charge on any atom is 0.127 e. The van der Waals surface area contributed by atoms with E-state index in [1.165, 1.54) is 0 Å². The van der Waals surface area contributed by atoms with E-state index in [4.69, 9.17) is 5.11 Å². The van der Waals surface area contributed by atoms with E-state index in [-0.39, 0.29) is 12.0 Å². The van der Waals surface area contributed by atoms with E-state index in [0.717, 1.165) is 33.2 Å². The molecular formula is C17H19BrN4O. The first kappa shape index (κ1) is 16.1. The molecule has 23 heavy (non-hydrogen) atoms. The van der Waals surface area contributed by atoms with Gasteiger partial charge in [0, 0.05) is 18.3 Å². The van der Waals surface area contributed by atoms with Crippen LogP contribution in [0.15, 0.2) is 34.9 Å². The molecule has 1 aromatic carbocycles. The Morgan fingerprint density at radius 1 is 1.17 bits per heavy atom. The number of hydrogen-bond acceptors (Lipinski definition) is 4. The second-order valence-electron chi connectivity index (χ2n) is 6.80. The summed E-state index contributed by atoms with van der Waals surface area (Å²) in [5.41, 5.74) is 4.63. The van der Waals surface area contributed by atoms with Gasteiger partial charge in [0.05, 0.1) is 22.3 Å². The molecule has 3 aromatic rings. The van der Waals surface area contributed by atoms with Crippen molar-refractivity contribution in [2.24, 2.45) is 5.41 Å². The van der Waals surface area contributed by atoms with Gasteiger partial charge in [-0.25, -0.2) is 4.68 Å². The lowest BCUT2D eigenvalue weighted by atomic mass is 9.97. The van der Waals surface area contributed by atoms with Gasteiger partial charge < -0.3 is 5.11 Å². The third kappa shape index (κ3) is 3.28. The first-order valence-corrected chi connectivity index (χ1v) is 8.26. The number of halogens is 1. The Hall–Kier alpha value is -1.79. The average molecular weight is 375 g/mol. The Labute approximate surface area is 143 Å². The normalized spacial score (nSPS) is 12.0. The molecule has 0 amide bonds. The SMILES string of the molecule is CC(C)(C)Cn1nnc2c(Br)c(-c3ccc(CO)nc3)ccc21. The minimum atomic E-state index is -0.0540. The van der Waals surface area contributed by atoms with Crippen LogP contribution in [0.3, 0.4) is 0 Å². The highest BCUT2D eigenvalue weighted by Gasteiger charge is 2.17. The highest BCUT2D eigenvalue weighted by molar-refractivity contribution is 9.10. The summed E-state index contributed by atoms with van der Waals surface area (Å²) in [5, 5.41) is 17.7. The molecule has 0 fully saturated rings. The minimum Gasteiger partial charge on any atom is -0.390 e. The van der Waals surface area contributed by atoms with Crippen LogP contribution in [0.5, 0.6) is 0 Å². The number of hydrogen-bond donors (Lipinski definition) is 1. The minimum absolute atomic E-state index is 0.0540. The number of pyridine rings is 1. The van der Waals surface area contributed by atoms with E-state index in [1.54, 1.807) is 6.20 Å². The highest BCUT2D eigenvalue weighted by Crippen LogP contribution is 2.34. The zero-order valence-corrected chi connectivity index (χ0v) is 15.0. The van der Waals surface area contributed by atoms with Crippen molar-refractivity contribution < 1.29 is 5.11 Å². The Morgan fingerprint density at radius 3 is 2.57 bits per heavy atom. The zero-order valence-electron chi connectivity index (χ0n) is 13.4. The predicted octanol–water partition coefficient (Wildman–Crippen LogP) is 3.79. The van der Waals surface area contributed by atoms with Crippen LogP contribution in [0.1, 0.15) is 26.5 Å². The number of benzene rings is 1. The van der Waals surface area contributed by atoms with Crippen LogP contribution in [0.25, 0.3) is 22.2 Å². The molecule has 0 unspecified atom stereocenters. The first-order valence-electron chi connectivity index (χ1n) is 7.47. The van der Waals surface area contributed by atoms with Crippen molar-refractivity contribution in [1.29, 1.82) is 0 Å². The van der Waals surface area contributed by atoms with Gasteiger partial charge in [0.2, 0.25) is 0 Å². The zero-order chi connectivity index (χ0) is 16.6. The molecule has 0 bridgehead atoms. The van der Waals surface area contributed by atoms with Gasteiger partial charge in [-0.15, -0.1) is 5.10 Å². The van der Waals surface area contributed by atoms with Gasteiger partial charge in [0.1, 0.15) is 5.52 Å². The quantitative estimate of drug-likeness (QED) is 0.757. The van der Waals surface area contributed by atoms with Gasteiger partial charge in [-0.05, 0) is 39.0 Å². The lowest BCUT2D eigenvalue weighted by Gasteiger charge is -2.18. The third-order valence-electron chi connectivity index (χ3n) is 3.55. The van der Waals surface area contributed by atoms with Crippen molar-refractivity contribution >= 4 is 27.0 Å². The number of nitrogens with zero attached hydrogens (tertiary/aromatic N) is 4. The average Bonchev–Trinajstić information content (AvgIpc) is 2.90. The Morgan fingerprint density at radius 2 is 1.96 bits per heavy atom. The van der Waals surface area contributed by atoms with Crippen molar-refractivity contribution in [2.45, 2.75) is 33.9 Å². The fraction of sp³-hybridized carbons (Fsp3) is 0.353. The van der Waals surface area contributed by atoms with Crippen LogP contribution in [0.2, 0.25) is 0 Å². The molecule has 3 rings (SSSR count). The fourth-order valence-electron chi connectivity index (χ4n) is 2.47. The molecule has 0 saturated carbocycles. The van der Waals surface area contributed by atoms with Crippen molar-refractivity contribution in [3.05, 3.63) is 40.6 Å². The van der Waals surface area contributed by atoms with E-state index in [1.807, 2.05) is 28.9 Å². The van der Waals surface area contributed by atoms with Gasteiger partial charge in [-0.3, -0.25) is 4.98 Å². The molecule has 6 heteroatoms. The summed E-state index contributed by atoms with van der Waals surface area (Å²) >= 11 is 3.65. The van der Waals surface area contributed by atoms with Gasteiger partial charge in [-0.2, -0.15) is 0 Å². The summed E-state index contributed by atoms with van der Waals surface area (Å²) in [7, 11) is 0. The summed E-state index contributed by atoms with van der Waals surface area (Å²) in [6, 6.07) is 7.86. The number of rotatable bonds is 3. The van der Waals surface area contributed by atoms with Gasteiger partial charge in [0.15, 0.2) is 0 Å². The monoisotopic (exact) mass is 374 g/mol. The van der Waals surface area contributed by atoms with Gasteiger partial charge in [0.25, 0.3) is 0 Å². The number of fused-ring (bicyclic) bond motifs is 1. The molecular weight excluding hydrogens is 356 g/mol. The molecule has 2 aromatic heterocycles. The summed E-state index contributed by atoms with van der Waals surface area (Å²) < 4.78 is 2.85. The standard InChI is InChI=1S/C17H19BrN4O/c1-17(2,3)10-22-14-7-6-13(15(18)16(14)20-21-22)11-4-5-12(9-23)19-8-11/h4-8,23H,9-10H2,1-3H3. The van der Waals surface area contributed by atoms with E-state index in [0.29, 0.717) is 5.69 Å². The number of aliphatic hydroxyl groups excluding tert-OH is 1. The maximum absolute atomic E-state index is 9.10. The molecule has 0 aliphatic heterocycles. The molecule has 0 aliphatic rings.